The largest absolute Gasteiger partial charge is 0.491 e. The van der Waals surface area contributed by atoms with Crippen molar-refractivity contribution in [2.45, 2.75) is 18.3 Å². The Labute approximate surface area is 170 Å². The molecule has 0 radical (unpaired) electrons. The Morgan fingerprint density at radius 2 is 1.93 bits per heavy atom. The van der Waals surface area contributed by atoms with E-state index in [0.717, 1.165) is 18.4 Å². The van der Waals surface area contributed by atoms with Gasteiger partial charge in [0.1, 0.15) is 12.4 Å². The number of hydrogen-bond acceptors (Lipinski definition) is 4. The molecule has 1 saturated heterocycles. The van der Waals surface area contributed by atoms with E-state index in [0.29, 0.717) is 49.3 Å². The molecule has 0 aliphatic carbocycles. The van der Waals surface area contributed by atoms with Gasteiger partial charge in [0, 0.05) is 42.9 Å². The van der Waals surface area contributed by atoms with Gasteiger partial charge in [-0.25, -0.2) is 0 Å². The number of nitrogens with one attached hydrogen (secondary N) is 1. The highest BCUT2D eigenvalue weighted by atomic mass is 35.5. The van der Waals surface area contributed by atoms with Gasteiger partial charge in [-0.2, -0.15) is 0 Å². The molecule has 0 atom stereocenters. The molecule has 0 aromatic heterocycles. The first kappa shape index (κ1) is 20.6. The molecule has 1 fully saturated rings. The predicted molar refractivity (Wildman–Crippen MR) is 109 cm³/mol. The molecule has 1 aliphatic rings. The lowest BCUT2D eigenvalue weighted by molar-refractivity contribution is 0.0487. The zero-order valence-corrected chi connectivity index (χ0v) is 16.8. The maximum absolute atomic E-state index is 12.8. The van der Waals surface area contributed by atoms with E-state index < -0.39 is 0 Å². The minimum Gasteiger partial charge on any atom is -0.491 e. The molecule has 3 rings (SSSR count). The maximum atomic E-state index is 12.8. The molecule has 0 saturated carbocycles. The summed E-state index contributed by atoms with van der Waals surface area (Å²) in [4.78, 5) is 12.8. The standard InChI is InChI=1S/C22H26ClNO4/c1-26-12-13-28-20-7-2-4-17(14-20)21(25)24-16-22(8-10-27-11-9-22)18-5-3-6-19(23)15-18/h2-7,14-15H,8-13,16H2,1H3,(H,24,25). The van der Waals surface area contributed by atoms with Gasteiger partial charge >= 0.3 is 0 Å². The van der Waals surface area contributed by atoms with Crippen LogP contribution >= 0.6 is 11.6 Å². The van der Waals surface area contributed by atoms with Crippen molar-refractivity contribution in [1.29, 1.82) is 0 Å². The second-order valence-corrected chi connectivity index (χ2v) is 7.39. The number of methoxy groups -OCH3 is 1. The molecule has 2 aromatic carbocycles. The molecule has 0 spiro atoms. The molecule has 1 N–H and O–H groups in total. The number of ether oxygens (including phenoxy) is 3. The Morgan fingerprint density at radius 3 is 2.68 bits per heavy atom. The highest BCUT2D eigenvalue weighted by Crippen LogP contribution is 2.35. The summed E-state index contributed by atoms with van der Waals surface area (Å²) in [5, 5.41) is 3.81. The predicted octanol–water partition coefficient (Wildman–Crippen LogP) is 3.84. The summed E-state index contributed by atoms with van der Waals surface area (Å²) >= 11 is 6.21. The van der Waals surface area contributed by atoms with Crippen LogP contribution in [0.25, 0.3) is 0 Å². The molecule has 2 aromatic rings. The Balaban J connectivity index is 1.70. The Bertz CT molecular complexity index is 790. The number of carbonyl (C=O) groups is 1. The Morgan fingerprint density at radius 1 is 1.14 bits per heavy atom. The van der Waals surface area contributed by atoms with E-state index in [1.807, 2.05) is 30.3 Å². The van der Waals surface area contributed by atoms with Crippen LogP contribution in [-0.2, 0) is 14.9 Å². The first-order chi connectivity index (χ1) is 13.6. The lowest BCUT2D eigenvalue weighted by Crippen LogP contribution is -2.44. The normalized spacial score (nSPS) is 15.8. The lowest BCUT2D eigenvalue weighted by Gasteiger charge is -2.38. The van der Waals surface area contributed by atoms with Gasteiger partial charge < -0.3 is 19.5 Å². The average Bonchev–Trinajstić information content (AvgIpc) is 2.73. The van der Waals surface area contributed by atoms with E-state index in [2.05, 4.69) is 11.4 Å². The van der Waals surface area contributed by atoms with Crippen LogP contribution < -0.4 is 10.1 Å². The zero-order valence-electron chi connectivity index (χ0n) is 16.1. The quantitative estimate of drug-likeness (QED) is 0.680. The molecule has 1 amide bonds. The van der Waals surface area contributed by atoms with Gasteiger partial charge in [-0.1, -0.05) is 29.8 Å². The third-order valence-electron chi connectivity index (χ3n) is 5.13. The second kappa shape index (κ2) is 9.92. The summed E-state index contributed by atoms with van der Waals surface area (Å²) in [7, 11) is 1.62. The van der Waals surface area contributed by atoms with Crippen molar-refractivity contribution < 1.29 is 19.0 Å². The average molecular weight is 404 g/mol. The minimum absolute atomic E-state index is 0.120. The van der Waals surface area contributed by atoms with Gasteiger partial charge in [0.05, 0.1) is 6.61 Å². The van der Waals surface area contributed by atoms with Crippen molar-refractivity contribution in [2.24, 2.45) is 0 Å². The highest BCUT2D eigenvalue weighted by molar-refractivity contribution is 6.30. The van der Waals surface area contributed by atoms with Crippen LogP contribution in [0.3, 0.4) is 0 Å². The molecule has 1 heterocycles. The molecule has 0 bridgehead atoms. The van der Waals surface area contributed by atoms with Gasteiger partial charge in [0.15, 0.2) is 0 Å². The van der Waals surface area contributed by atoms with Gasteiger partial charge in [-0.05, 0) is 48.7 Å². The first-order valence-corrected chi connectivity index (χ1v) is 9.85. The number of halogens is 1. The van der Waals surface area contributed by atoms with Crippen molar-refractivity contribution >= 4 is 17.5 Å². The van der Waals surface area contributed by atoms with E-state index in [4.69, 9.17) is 25.8 Å². The van der Waals surface area contributed by atoms with Gasteiger partial charge in [0.2, 0.25) is 0 Å². The molecule has 6 heteroatoms. The second-order valence-electron chi connectivity index (χ2n) is 6.95. The molecule has 5 nitrogen and oxygen atoms in total. The molecular weight excluding hydrogens is 378 g/mol. The lowest BCUT2D eigenvalue weighted by atomic mass is 9.74. The summed E-state index contributed by atoms with van der Waals surface area (Å²) < 4.78 is 16.1. The van der Waals surface area contributed by atoms with Gasteiger partial charge in [-0.3, -0.25) is 4.79 Å². The fourth-order valence-electron chi connectivity index (χ4n) is 3.47. The van der Waals surface area contributed by atoms with Crippen molar-refractivity contribution in [1.82, 2.24) is 5.32 Å². The summed E-state index contributed by atoms with van der Waals surface area (Å²) in [6.07, 6.45) is 1.68. The van der Waals surface area contributed by atoms with Crippen molar-refractivity contribution in [3.63, 3.8) is 0 Å². The Kier molecular flexibility index (Phi) is 7.31. The summed E-state index contributed by atoms with van der Waals surface area (Å²) in [6.45, 7) is 2.82. The van der Waals surface area contributed by atoms with Crippen LogP contribution in [-0.4, -0.2) is 46.0 Å². The zero-order chi connectivity index (χ0) is 19.8. The molecular formula is C22H26ClNO4. The SMILES string of the molecule is COCCOc1cccc(C(=O)NCC2(c3cccc(Cl)c3)CCOCC2)c1. The van der Waals surface area contributed by atoms with Crippen molar-refractivity contribution in [2.75, 3.05) is 40.1 Å². The fraction of sp³-hybridized carbons (Fsp3) is 0.409. The van der Waals surface area contributed by atoms with Gasteiger partial charge in [0.25, 0.3) is 5.91 Å². The van der Waals surface area contributed by atoms with Crippen molar-refractivity contribution in [3.05, 3.63) is 64.7 Å². The summed E-state index contributed by atoms with van der Waals surface area (Å²) in [5.74, 6) is 0.533. The van der Waals surface area contributed by atoms with Crippen molar-refractivity contribution in [3.8, 4) is 5.75 Å². The van der Waals surface area contributed by atoms with Crippen LogP contribution in [0.1, 0.15) is 28.8 Å². The van der Waals surface area contributed by atoms with E-state index in [9.17, 15) is 4.79 Å². The molecule has 28 heavy (non-hydrogen) atoms. The van der Waals surface area contributed by atoms with Gasteiger partial charge in [-0.15, -0.1) is 0 Å². The number of amides is 1. The van der Waals surface area contributed by atoms with E-state index in [1.165, 1.54) is 0 Å². The highest BCUT2D eigenvalue weighted by Gasteiger charge is 2.35. The fourth-order valence-corrected chi connectivity index (χ4v) is 3.66. The van der Waals surface area contributed by atoms with E-state index in [1.54, 1.807) is 19.2 Å². The van der Waals surface area contributed by atoms with Crippen LogP contribution in [0.15, 0.2) is 48.5 Å². The minimum atomic E-state index is -0.175. The third-order valence-corrected chi connectivity index (χ3v) is 5.36. The van der Waals surface area contributed by atoms with Crippen LogP contribution in [0.2, 0.25) is 5.02 Å². The monoisotopic (exact) mass is 403 g/mol. The third kappa shape index (κ3) is 5.25. The number of rotatable bonds is 8. The molecule has 150 valence electrons. The number of carbonyl (C=O) groups excluding carboxylic acids is 1. The topological polar surface area (TPSA) is 56.8 Å². The van der Waals surface area contributed by atoms with Crippen LogP contribution in [0, 0.1) is 0 Å². The molecule has 0 unspecified atom stereocenters. The Hall–Kier alpha value is -2.08. The number of benzene rings is 2. The van der Waals surface area contributed by atoms with Crippen LogP contribution in [0.5, 0.6) is 5.75 Å². The number of hydrogen-bond donors (Lipinski definition) is 1. The summed E-state index contributed by atoms with van der Waals surface area (Å²) in [5.41, 5.74) is 1.54. The summed E-state index contributed by atoms with van der Waals surface area (Å²) in [6, 6.07) is 15.1. The first-order valence-electron chi connectivity index (χ1n) is 9.47. The maximum Gasteiger partial charge on any atom is 0.251 e. The van der Waals surface area contributed by atoms with E-state index >= 15 is 0 Å². The van der Waals surface area contributed by atoms with Crippen LogP contribution in [0.4, 0.5) is 0 Å². The smallest absolute Gasteiger partial charge is 0.251 e. The van der Waals surface area contributed by atoms with E-state index in [-0.39, 0.29) is 11.3 Å². The molecule has 1 aliphatic heterocycles.